The molecule has 0 bridgehead atoms. The standard InChI is InChI=1S/C20H22FN3O5/c1-9(25)16-14-15(18(27)24(17(14)26)8-11-3-2-6-29-11)20(23-16)12-7-10(21)4-5-13(12)22-19(20)28/h4-5,7,9,11,14-16,23,25H,2-3,6,8H2,1H3,(H,22,28)/p+1/t9-,11+,14+,15+,16-,20+/m0/s1. The van der Waals surface area contributed by atoms with Crippen molar-refractivity contribution in [1.29, 1.82) is 0 Å². The summed E-state index contributed by atoms with van der Waals surface area (Å²) in [5.41, 5.74) is -0.696. The Morgan fingerprint density at radius 2 is 2.17 bits per heavy atom. The Bertz CT molecular complexity index is 915. The minimum atomic E-state index is -1.47. The van der Waals surface area contributed by atoms with Gasteiger partial charge in [-0.3, -0.25) is 19.3 Å². The van der Waals surface area contributed by atoms with Crippen molar-refractivity contribution < 1.29 is 33.9 Å². The maximum atomic E-state index is 14.1. The smallest absolute Gasteiger partial charge is 0.291 e. The van der Waals surface area contributed by atoms with E-state index in [-0.39, 0.29) is 12.6 Å². The average molecular weight is 404 g/mol. The van der Waals surface area contributed by atoms with Crippen LogP contribution >= 0.6 is 0 Å². The van der Waals surface area contributed by atoms with Gasteiger partial charge in [0.25, 0.3) is 5.91 Å². The van der Waals surface area contributed by atoms with Crippen LogP contribution in [0.25, 0.3) is 0 Å². The zero-order valence-corrected chi connectivity index (χ0v) is 15.9. The van der Waals surface area contributed by atoms with E-state index >= 15 is 0 Å². The molecule has 1 aromatic carbocycles. The van der Waals surface area contributed by atoms with Crippen molar-refractivity contribution in [3.8, 4) is 0 Å². The molecule has 5 rings (SSSR count). The second kappa shape index (κ2) is 6.32. The minimum absolute atomic E-state index is 0.144. The van der Waals surface area contributed by atoms with Gasteiger partial charge in [0.2, 0.25) is 17.4 Å². The number of ether oxygens (including phenoxy) is 1. The number of aliphatic hydroxyl groups excluding tert-OH is 1. The molecule has 0 radical (unpaired) electrons. The molecule has 0 aromatic heterocycles. The number of quaternary nitrogens is 1. The second-order valence-electron chi connectivity index (χ2n) is 8.42. The van der Waals surface area contributed by atoms with Gasteiger partial charge in [0.1, 0.15) is 29.8 Å². The molecule has 4 aliphatic heterocycles. The largest absolute Gasteiger partial charge is 0.387 e. The summed E-state index contributed by atoms with van der Waals surface area (Å²) >= 11 is 0. The molecule has 4 heterocycles. The van der Waals surface area contributed by atoms with E-state index in [1.807, 2.05) is 0 Å². The lowest BCUT2D eigenvalue weighted by Crippen LogP contribution is -3.00. The van der Waals surface area contributed by atoms with Gasteiger partial charge in [-0.25, -0.2) is 4.39 Å². The molecule has 0 unspecified atom stereocenters. The number of carbonyl (C=O) groups is 3. The Morgan fingerprint density at radius 1 is 1.38 bits per heavy atom. The number of hydrogen-bond donors (Lipinski definition) is 3. The summed E-state index contributed by atoms with van der Waals surface area (Å²) in [6, 6.07) is 3.25. The summed E-state index contributed by atoms with van der Waals surface area (Å²) in [6.07, 6.45) is 0.481. The van der Waals surface area contributed by atoms with Gasteiger partial charge in [-0.1, -0.05) is 0 Å². The van der Waals surface area contributed by atoms with E-state index in [4.69, 9.17) is 4.74 Å². The molecule has 154 valence electrons. The van der Waals surface area contributed by atoms with Crippen molar-refractivity contribution in [2.75, 3.05) is 18.5 Å². The van der Waals surface area contributed by atoms with Crippen LogP contribution in [0.5, 0.6) is 0 Å². The number of halogens is 1. The van der Waals surface area contributed by atoms with Crippen molar-refractivity contribution in [1.82, 2.24) is 4.90 Å². The van der Waals surface area contributed by atoms with Crippen molar-refractivity contribution in [3.05, 3.63) is 29.6 Å². The fraction of sp³-hybridized carbons (Fsp3) is 0.550. The highest BCUT2D eigenvalue weighted by Gasteiger charge is 2.75. The number of amides is 3. The Kier molecular flexibility index (Phi) is 4.06. The van der Waals surface area contributed by atoms with E-state index in [1.54, 1.807) is 5.32 Å². The molecule has 8 nitrogen and oxygen atoms in total. The number of imide groups is 1. The Morgan fingerprint density at radius 3 is 2.86 bits per heavy atom. The lowest BCUT2D eigenvalue weighted by molar-refractivity contribution is -0.738. The molecule has 0 saturated carbocycles. The van der Waals surface area contributed by atoms with Gasteiger partial charge >= 0.3 is 0 Å². The number of hydrogen-bond acceptors (Lipinski definition) is 5. The number of nitrogens with one attached hydrogen (secondary N) is 1. The van der Waals surface area contributed by atoms with Gasteiger partial charge in [0.05, 0.1) is 18.3 Å². The van der Waals surface area contributed by atoms with Crippen LogP contribution in [0.3, 0.4) is 0 Å². The van der Waals surface area contributed by atoms with Crippen molar-refractivity contribution in [3.63, 3.8) is 0 Å². The van der Waals surface area contributed by atoms with E-state index in [0.717, 1.165) is 12.8 Å². The molecule has 9 heteroatoms. The Labute approximate surface area is 166 Å². The topological polar surface area (TPSA) is 113 Å². The third-order valence-electron chi connectivity index (χ3n) is 6.82. The van der Waals surface area contributed by atoms with Gasteiger partial charge in [-0.05, 0) is 38.0 Å². The summed E-state index contributed by atoms with van der Waals surface area (Å²) in [7, 11) is 0. The third-order valence-corrected chi connectivity index (χ3v) is 6.82. The SMILES string of the molecule is C[C@H](O)[C@@H]1[NH2+][C@@]2(C(=O)Nc3ccc(F)cc32)[C@H]2C(=O)N(C[C@H]3CCCO3)C(=O)[C@@H]12. The van der Waals surface area contributed by atoms with Crippen LogP contribution in [-0.2, 0) is 24.7 Å². The number of aliphatic hydroxyl groups is 1. The molecule has 3 amide bonds. The molecule has 1 aromatic rings. The summed E-state index contributed by atoms with van der Waals surface area (Å²) in [4.78, 5) is 41.0. The van der Waals surface area contributed by atoms with Gasteiger partial charge in [0, 0.05) is 12.2 Å². The molecule has 4 N–H and O–H groups in total. The van der Waals surface area contributed by atoms with Gasteiger partial charge in [0.15, 0.2) is 0 Å². The van der Waals surface area contributed by atoms with Crippen molar-refractivity contribution in [2.45, 2.75) is 43.6 Å². The predicted octanol–water partition coefficient (Wildman–Crippen LogP) is -0.920. The summed E-state index contributed by atoms with van der Waals surface area (Å²) in [6.45, 7) is 2.28. The average Bonchev–Trinajstić information content (AvgIpc) is 3.41. The lowest BCUT2D eigenvalue weighted by atomic mass is 9.76. The molecule has 4 aliphatic rings. The Balaban J connectivity index is 1.61. The van der Waals surface area contributed by atoms with Crippen LogP contribution in [0.4, 0.5) is 10.1 Å². The van der Waals surface area contributed by atoms with Gasteiger partial charge < -0.3 is 20.5 Å². The fourth-order valence-electron chi connectivity index (χ4n) is 5.53. The first kappa shape index (κ1) is 18.7. The second-order valence-corrected chi connectivity index (χ2v) is 8.42. The monoisotopic (exact) mass is 404 g/mol. The molecule has 0 aliphatic carbocycles. The summed E-state index contributed by atoms with van der Waals surface area (Å²) in [5.74, 6) is -3.70. The van der Waals surface area contributed by atoms with Crippen LogP contribution in [0.2, 0.25) is 0 Å². The number of nitrogens with zero attached hydrogens (tertiary/aromatic N) is 1. The third kappa shape index (κ3) is 2.44. The molecular formula is C20H23FN3O5+. The zero-order valence-electron chi connectivity index (χ0n) is 15.9. The van der Waals surface area contributed by atoms with Crippen LogP contribution in [0, 0.1) is 17.7 Å². The number of carbonyl (C=O) groups excluding carboxylic acids is 3. The van der Waals surface area contributed by atoms with E-state index in [1.165, 1.54) is 30.0 Å². The van der Waals surface area contributed by atoms with Crippen LogP contribution in [0.1, 0.15) is 25.3 Å². The highest BCUT2D eigenvalue weighted by Crippen LogP contribution is 2.49. The normalized spacial score (nSPS) is 36.7. The fourth-order valence-corrected chi connectivity index (χ4v) is 5.53. The molecule has 1 spiro atoms. The van der Waals surface area contributed by atoms with Crippen LogP contribution in [-0.4, -0.2) is 59.1 Å². The number of fused-ring (bicyclic) bond motifs is 4. The van der Waals surface area contributed by atoms with Crippen molar-refractivity contribution >= 4 is 23.4 Å². The maximum Gasteiger partial charge on any atom is 0.291 e. The van der Waals surface area contributed by atoms with E-state index < -0.39 is 53.1 Å². The van der Waals surface area contributed by atoms with Crippen molar-refractivity contribution in [2.24, 2.45) is 11.8 Å². The van der Waals surface area contributed by atoms with E-state index in [2.05, 4.69) is 5.32 Å². The summed E-state index contributed by atoms with van der Waals surface area (Å²) in [5, 5.41) is 14.7. The van der Waals surface area contributed by atoms with Gasteiger partial charge in [-0.15, -0.1) is 0 Å². The molecule has 3 saturated heterocycles. The van der Waals surface area contributed by atoms with E-state index in [0.29, 0.717) is 17.9 Å². The molecule has 29 heavy (non-hydrogen) atoms. The summed E-state index contributed by atoms with van der Waals surface area (Å²) < 4.78 is 19.7. The zero-order chi connectivity index (χ0) is 20.5. The number of anilines is 1. The first-order valence-electron chi connectivity index (χ1n) is 9.97. The highest BCUT2D eigenvalue weighted by molar-refractivity contribution is 6.13. The number of likely N-dealkylation sites (tertiary alicyclic amines) is 1. The number of nitrogens with two attached hydrogens (primary N) is 1. The first-order chi connectivity index (χ1) is 13.8. The predicted molar refractivity (Wildman–Crippen MR) is 96.8 cm³/mol. The van der Waals surface area contributed by atoms with E-state index in [9.17, 15) is 23.9 Å². The first-order valence-corrected chi connectivity index (χ1v) is 9.97. The number of rotatable bonds is 3. The quantitative estimate of drug-likeness (QED) is 0.564. The Hall–Kier alpha value is -2.36. The molecule has 3 fully saturated rings. The van der Waals surface area contributed by atoms with Gasteiger partial charge in [-0.2, -0.15) is 0 Å². The van der Waals surface area contributed by atoms with Crippen LogP contribution < -0.4 is 10.6 Å². The minimum Gasteiger partial charge on any atom is -0.387 e. The van der Waals surface area contributed by atoms with Crippen LogP contribution in [0.15, 0.2) is 18.2 Å². The molecule has 6 atom stereocenters. The number of benzene rings is 1. The maximum absolute atomic E-state index is 14.1. The molecular weight excluding hydrogens is 381 g/mol. The highest BCUT2D eigenvalue weighted by atomic mass is 19.1. The lowest BCUT2D eigenvalue weighted by Gasteiger charge is -2.27.